The molecule has 1 saturated heterocycles. The lowest BCUT2D eigenvalue weighted by Gasteiger charge is -2.20. The minimum absolute atomic E-state index is 0.0428. The highest BCUT2D eigenvalue weighted by molar-refractivity contribution is 8.18. The van der Waals surface area contributed by atoms with Crippen LogP contribution in [-0.4, -0.2) is 32.6 Å². The number of amidine groups is 1. The summed E-state index contributed by atoms with van der Waals surface area (Å²) in [5, 5.41) is 0.801. The monoisotopic (exact) mass is 409 g/mol. The van der Waals surface area contributed by atoms with Gasteiger partial charge in [-0.3, -0.25) is 14.7 Å². The number of para-hydroxylation sites is 1. The number of carbonyl (C=O) groups excluding carboxylic acids is 1. The molecule has 2 heterocycles. The van der Waals surface area contributed by atoms with Crippen molar-refractivity contribution in [2.45, 2.75) is 67.5 Å². The van der Waals surface area contributed by atoms with Crippen molar-refractivity contribution in [3.05, 3.63) is 57.2 Å². The van der Waals surface area contributed by atoms with Crippen molar-refractivity contribution >= 4 is 28.9 Å². The Morgan fingerprint density at radius 3 is 2.21 bits per heavy atom. The molecule has 0 radical (unpaired) electrons. The fourth-order valence-corrected chi connectivity index (χ4v) is 5.05. The van der Waals surface area contributed by atoms with E-state index in [1.54, 1.807) is 4.90 Å². The summed E-state index contributed by atoms with van der Waals surface area (Å²) >= 11 is 1.48. The Morgan fingerprint density at radius 2 is 1.66 bits per heavy atom. The van der Waals surface area contributed by atoms with Crippen LogP contribution in [0.2, 0.25) is 0 Å². The molecule has 29 heavy (non-hydrogen) atoms. The fourth-order valence-electron chi connectivity index (χ4n) is 3.83. The maximum Gasteiger partial charge on any atom is 0.266 e. The molecule has 1 aromatic heterocycles. The van der Waals surface area contributed by atoms with Gasteiger partial charge in [0.15, 0.2) is 5.17 Å². The molecule has 0 bridgehead atoms. The van der Waals surface area contributed by atoms with Crippen molar-refractivity contribution in [2.24, 2.45) is 4.99 Å². The maximum absolute atomic E-state index is 13.1. The number of amides is 1. The molecule has 2 aromatic rings. The van der Waals surface area contributed by atoms with E-state index in [1.807, 2.05) is 33.8 Å². The number of aryl methyl sites for hydroxylation is 3. The maximum atomic E-state index is 13.1. The van der Waals surface area contributed by atoms with E-state index in [9.17, 15) is 4.79 Å². The molecule has 4 nitrogen and oxygen atoms in total. The van der Waals surface area contributed by atoms with Gasteiger partial charge in [-0.1, -0.05) is 18.2 Å². The molecule has 3 rings (SSSR count). The second-order valence-electron chi connectivity index (χ2n) is 8.29. The summed E-state index contributed by atoms with van der Waals surface area (Å²) < 4.78 is 2.30. The van der Waals surface area contributed by atoms with Crippen LogP contribution in [0, 0.1) is 27.7 Å². The third-order valence-electron chi connectivity index (χ3n) is 5.14. The lowest BCUT2D eigenvalue weighted by atomic mass is 10.1. The topological polar surface area (TPSA) is 37.6 Å². The Balaban J connectivity index is 2.08. The number of thioether (sulfide) groups is 1. The van der Waals surface area contributed by atoms with E-state index in [0.29, 0.717) is 0 Å². The molecule has 0 unspecified atom stereocenters. The average Bonchev–Trinajstić information content (AvgIpc) is 3.05. The standard InChI is InChI=1S/C24H31N3OS/c1-14(2)25-24-26(15(3)4)23(28)21(29-24)13-20-12-18(7)27(19(20)8)22-16(5)10-9-11-17(22)6/h9-15H,1-8H3/b21-13+,25-24?. The van der Waals surface area contributed by atoms with Crippen LogP contribution in [0.1, 0.15) is 55.8 Å². The van der Waals surface area contributed by atoms with Crippen LogP contribution in [0.25, 0.3) is 11.8 Å². The number of carbonyl (C=O) groups is 1. The van der Waals surface area contributed by atoms with Crippen molar-refractivity contribution < 1.29 is 4.79 Å². The first-order valence-electron chi connectivity index (χ1n) is 10.2. The van der Waals surface area contributed by atoms with E-state index in [1.165, 1.54) is 34.3 Å². The molecule has 1 fully saturated rings. The molecule has 1 aromatic carbocycles. The SMILES string of the molecule is Cc1cccc(C)c1-n1c(C)cc(/C=C2/SC(=NC(C)C)N(C(C)C)C2=O)c1C. The second-order valence-corrected chi connectivity index (χ2v) is 9.30. The zero-order valence-electron chi connectivity index (χ0n) is 18.7. The number of rotatable bonds is 4. The Kier molecular flexibility index (Phi) is 6.08. The summed E-state index contributed by atoms with van der Waals surface area (Å²) in [7, 11) is 0. The quantitative estimate of drug-likeness (QED) is 0.599. The molecule has 154 valence electrons. The highest BCUT2D eigenvalue weighted by Gasteiger charge is 2.35. The van der Waals surface area contributed by atoms with Gasteiger partial charge in [0.2, 0.25) is 0 Å². The normalized spacial score (nSPS) is 17.6. The van der Waals surface area contributed by atoms with Gasteiger partial charge in [-0.05, 0) is 96.0 Å². The summed E-state index contributed by atoms with van der Waals surface area (Å²) in [6.07, 6.45) is 2.03. The molecular weight excluding hydrogens is 378 g/mol. The highest BCUT2D eigenvalue weighted by atomic mass is 32.2. The molecule has 1 amide bonds. The van der Waals surface area contributed by atoms with Crippen molar-refractivity contribution in [3.8, 4) is 5.69 Å². The Labute approximate surface area is 178 Å². The van der Waals surface area contributed by atoms with Gasteiger partial charge >= 0.3 is 0 Å². The van der Waals surface area contributed by atoms with Crippen molar-refractivity contribution in [2.75, 3.05) is 0 Å². The van der Waals surface area contributed by atoms with Crippen LogP contribution in [0.15, 0.2) is 34.2 Å². The summed E-state index contributed by atoms with van der Waals surface area (Å²) in [6.45, 7) is 16.7. The number of hydrogen-bond donors (Lipinski definition) is 0. The molecule has 1 aliphatic heterocycles. The van der Waals surface area contributed by atoms with Crippen LogP contribution in [0.5, 0.6) is 0 Å². The minimum Gasteiger partial charge on any atom is -0.317 e. The molecule has 0 aliphatic carbocycles. The van der Waals surface area contributed by atoms with Crippen molar-refractivity contribution in [1.29, 1.82) is 0 Å². The van der Waals surface area contributed by atoms with Gasteiger partial charge in [0.05, 0.1) is 10.6 Å². The molecule has 0 spiro atoms. The van der Waals surface area contributed by atoms with Gasteiger partial charge in [-0.2, -0.15) is 0 Å². The zero-order chi connectivity index (χ0) is 21.5. The number of benzene rings is 1. The van der Waals surface area contributed by atoms with Crippen LogP contribution >= 0.6 is 11.8 Å². The lowest BCUT2D eigenvalue weighted by Crippen LogP contribution is -2.35. The second kappa shape index (κ2) is 8.23. The average molecular weight is 410 g/mol. The van der Waals surface area contributed by atoms with Gasteiger partial charge in [0, 0.05) is 23.5 Å². The third-order valence-corrected chi connectivity index (χ3v) is 6.14. The van der Waals surface area contributed by atoms with E-state index in [0.717, 1.165) is 21.3 Å². The fraction of sp³-hybridized carbons (Fsp3) is 0.417. The number of nitrogens with zero attached hydrogens (tertiary/aromatic N) is 3. The number of aromatic nitrogens is 1. The van der Waals surface area contributed by atoms with Crippen molar-refractivity contribution in [1.82, 2.24) is 9.47 Å². The zero-order valence-corrected chi connectivity index (χ0v) is 19.5. The molecule has 1 aliphatic rings. The molecule has 5 heteroatoms. The highest BCUT2D eigenvalue weighted by Crippen LogP contribution is 2.36. The van der Waals surface area contributed by atoms with Gasteiger partial charge in [-0.15, -0.1) is 0 Å². The predicted octanol–water partition coefficient (Wildman–Crippen LogP) is 5.80. The van der Waals surface area contributed by atoms with Gasteiger partial charge in [0.25, 0.3) is 5.91 Å². The minimum atomic E-state index is 0.0428. The largest absolute Gasteiger partial charge is 0.317 e. The smallest absolute Gasteiger partial charge is 0.266 e. The lowest BCUT2D eigenvalue weighted by molar-refractivity contribution is -0.123. The molecule has 0 N–H and O–H groups in total. The first-order valence-corrected chi connectivity index (χ1v) is 11.0. The van der Waals surface area contributed by atoms with Crippen LogP contribution in [0.3, 0.4) is 0 Å². The van der Waals surface area contributed by atoms with Crippen LogP contribution in [0.4, 0.5) is 0 Å². The van der Waals surface area contributed by atoms with Crippen LogP contribution in [-0.2, 0) is 4.79 Å². The molecule has 0 atom stereocenters. The Morgan fingerprint density at radius 1 is 1.03 bits per heavy atom. The summed E-state index contributed by atoms with van der Waals surface area (Å²) in [6, 6.07) is 8.78. The summed E-state index contributed by atoms with van der Waals surface area (Å²) in [5.74, 6) is 0.0428. The van der Waals surface area contributed by atoms with Crippen molar-refractivity contribution in [3.63, 3.8) is 0 Å². The molecular formula is C24H31N3OS. The van der Waals surface area contributed by atoms with E-state index < -0.39 is 0 Å². The van der Waals surface area contributed by atoms with Gasteiger partial charge < -0.3 is 4.57 Å². The van der Waals surface area contributed by atoms with E-state index >= 15 is 0 Å². The third kappa shape index (κ3) is 4.06. The van der Waals surface area contributed by atoms with Crippen LogP contribution < -0.4 is 0 Å². The molecule has 0 saturated carbocycles. The summed E-state index contributed by atoms with van der Waals surface area (Å²) in [4.78, 5) is 20.3. The van der Waals surface area contributed by atoms with E-state index in [-0.39, 0.29) is 18.0 Å². The van der Waals surface area contributed by atoms with Gasteiger partial charge in [-0.25, -0.2) is 0 Å². The predicted molar refractivity (Wildman–Crippen MR) is 125 cm³/mol. The Hall–Kier alpha value is -2.27. The number of aliphatic imine (C=N–C) groups is 1. The Bertz CT molecular complexity index is 991. The first kappa shape index (κ1) is 21.4. The number of hydrogen-bond acceptors (Lipinski definition) is 3. The van der Waals surface area contributed by atoms with Gasteiger partial charge in [0.1, 0.15) is 0 Å². The van der Waals surface area contributed by atoms with E-state index in [2.05, 4.69) is 61.5 Å². The summed E-state index contributed by atoms with van der Waals surface area (Å²) in [5.41, 5.74) is 7.10. The first-order chi connectivity index (χ1) is 13.6. The van der Waals surface area contributed by atoms with E-state index in [4.69, 9.17) is 0 Å².